The van der Waals surface area contributed by atoms with Crippen molar-refractivity contribution in [2.45, 2.75) is 59.6 Å². The minimum Gasteiger partial charge on any atom is -0.481 e. The molecular formula is C22H29NO2. The number of nitrogens with one attached hydrogen (secondary N) is 1. The van der Waals surface area contributed by atoms with Gasteiger partial charge in [0.15, 0.2) is 6.10 Å². The average molecular weight is 339 g/mol. The standard InChI is InChI=1S/C22H29NO2/c1-6-20(19-13-10-16(4)14-17(19)5)23-22(24)21(7-2)25-18-11-8-15(3)9-12-18/h8-14,20-21H,6-7H2,1-5H3,(H,23,24)/t20-,21-/m1/s1. The third kappa shape index (κ3) is 5.09. The molecule has 0 aromatic heterocycles. The third-order valence-corrected chi connectivity index (χ3v) is 4.49. The number of carbonyl (C=O) groups excluding carboxylic acids is 1. The van der Waals surface area contributed by atoms with Crippen LogP contribution in [0.15, 0.2) is 42.5 Å². The molecule has 0 bridgehead atoms. The lowest BCUT2D eigenvalue weighted by Crippen LogP contribution is -2.40. The highest BCUT2D eigenvalue weighted by atomic mass is 16.5. The van der Waals surface area contributed by atoms with E-state index in [0.717, 1.165) is 12.2 Å². The van der Waals surface area contributed by atoms with Gasteiger partial charge in [-0.25, -0.2) is 0 Å². The Balaban J connectivity index is 2.09. The van der Waals surface area contributed by atoms with Crippen LogP contribution in [0.3, 0.4) is 0 Å². The quantitative estimate of drug-likeness (QED) is 0.768. The molecule has 2 aromatic carbocycles. The summed E-state index contributed by atoms with van der Waals surface area (Å²) in [5.74, 6) is 0.669. The zero-order valence-electron chi connectivity index (χ0n) is 15.9. The van der Waals surface area contributed by atoms with E-state index in [4.69, 9.17) is 4.74 Å². The lowest BCUT2D eigenvalue weighted by molar-refractivity contribution is -0.128. The van der Waals surface area contributed by atoms with E-state index in [1.54, 1.807) is 0 Å². The van der Waals surface area contributed by atoms with Crippen LogP contribution in [0.25, 0.3) is 0 Å². The van der Waals surface area contributed by atoms with E-state index < -0.39 is 6.10 Å². The SMILES string of the molecule is CC[C@@H](Oc1ccc(C)cc1)C(=O)N[C@H](CC)c1ccc(C)cc1C. The van der Waals surface area contributed by atoms with Gasteiger partial charge in [-0.05, 0) is 56.9 Å². The molecule has 0 aliphatic rings. The Labute approximate surface area is 151 Å². The van der Waals surface area contributed by atoms with Crippen LogP contribution < -0.4 is 10.1 Å². The molecule has 0 aliphatic heterocycles. The molecule has 25 heavy (non-hydrogen) atoms. The molecule has 0 saturated heterocycles. The minimum atomic E-state index is -0.484. The Kier molecular flexibility index (Phi) is 6.63. The smallest absolute Gasteiger partial charge is 0.261 e. The largest absolute Gasteiger partial charge is 0.481 e. The molecule has 2 rings (SSSR count). The summed E-state index contributed by atoms with van der Waals surface area (Å²) in [7, 11) is 0. The van der Waals surface area contributed by atoms with E-state index in [2.05, 4.69) is 44.3 Å². The Morgan fingerprint density at radius 3 is 2.16 bits per heavy atom. The van der Waals surface area contributed by atoms with E-state index in [1.807, 2.05) is 38.1 Å². The van der Waals surface area contributed by atoms with Crippen molar-refractivity contribution in [2.24, 2.45) is 0 Å². The van der Waals surface area contributed by atoms with E-state index >= 15 is 0 Å². The second-order valence-corrected chi connectivity index (χ2v) is 6.66. The first-order valence-corrected chi connectivity index (χ1v) is 9.05. The summed E-state index contributed by atoms with van der Waals surface area (Å²) in [5.41, 5.74) is 4.79. The molecule has 0 saturated carbocycles. The highest BCUT2D eigenvalue weighted by Gasteiger charge is 2.22. The van der Waals surface area contributed by atoms with Crippen molar-refractivity contribution in [3.8, 4) is 5.75 Å². The topological polar surface area (TPSA) is 38.3 Å². The van der Waals surface area contributed by atoms with Crippen LogP contribution in [0.1, 0.15) is 55.0 Å². The number of carbonyl (C=O) groups is 1. The molecular weight excluding hydrogens is 310 g/mol. The van der Waals surface area contributed by atoms with Crippen molar-refractivity contribution in [3.05, 3.63) is 64.7 Å². The van der Waals surface area contributed by atoms with Crippen molar-refractivity contribution in [1.29, 1.82) is 0 Å². The first-order valence-electron chi connectivity index (χ1n) is 9.05. The first kappa shape index (κ1) is 19.0. The molecule has 0 aliphatic carbocycles. The summed E-state index contributed by atoms with van der Waals surface area (Å²) in [6, 6.07) is 14.2. The van der Waals surface area contributed by atoms with Gasteiger partial charge in [-0.2, -0.15) is 0 Å². The molecule has 2 atom stereocenters. The molecule has 0 spiro atoms. The van der Waals surface area contributed by atoms with Gasteiger partial charge in [0.05, 0.1) is 6.04 Å². The summed E-state index contributed by atoms with van der Waals surface area (Å²) in [6.45, 7) is 10.3. The predicted octanol–water partition coefficient (Wildman–Crippen LogP) is 5.04. The maximum absolute atomic E-state index is 12.7. The summed E-state index contributed by atoms with van der Waals surface area (Å²) in [4.78, 5) is 12.7. The van der Waals surface area contributed by atoms with Crippen molar-refractivity contribution >= 4 is 5.91 Å². The fourth-order valence-corrected chi connectivity index (χ4v) is 2.98. The van der Waals surface area contributed by atoms with Gasteiger partial charge in [-0.15, -0.1) is 0 Å². The van der Waals surface area contributed by atoms with E-state index in [0.29, 0.717) is 6.42 Å². The van der Waals surface area contributed by atoms with Gasteiger partial charge in [0.2, 0.25) is 0 Å². The van der Waals surface area contributed by atoms with Gasteiger partial charge in [0.25, 0.3) is 5.91 Å². The molecule has 3 heteroatoms. The van der Waals surface area contributed by atoms with Crippen LogP contribution in [0.4, 0.5) is 0 Å². The fourth-order valence-electron chi connectivity index (χ4n) is 2.98. The zero-order valence-corrected chi connectivity index (χ0v) is 15.9. The summed E-state index contributed by atoms with van der Waals surface area (Å²) < 4.78 is 5.90. The fraction of sp³-hybridized carbons (Fsp3) is 0.409. The van der Waals surface area contributed by atoms with Crippen LogP contribution in [0.5, 0.6) is 5.75 Å². The predicted molar refractivity (Wildman–Crippen MR) is 103 cm³/mol. The maximum Gasteiger partial charge on any atom is 0.261 e. The van der Waals surface area contributed by atoms with Crippen LogP contribution in [-0.2, 0) is 4.79 Å². The Morgan fingerprint density at radius 1 is 0.960 bits per heavy atom. The van der Waals surface area contributed by atoms with Crippen molar-refractivity contribution in [3.63, 3.8) is 0 Å². The summed E-state index contributed by atoms with van der Waals surface area (Å²) >= 11 is 0. The lowest BCUT2D eigenvalue weighted by atomic mass is 9.97. The third-order valence-electron chi connectivity index (χ3n) is 4.49. The first-order chi connectivity index (χ1) is 11.9. The minimum absolute atomic E-state index is 0.00349. The van der Waals surface area contributed by atoms with Gasteiger partial charge in [-0.3, -0.25) is 4.79 Å². The Hall–Kier alpha value is -2.29. The van der Waals surface area contributed by atoms with Gasteiger partial charge >= 0.3 is 0 Å². The molecule has 1 N–H and O–H groups in total. The zero-order chi connectivity index (χ0) is 18.4. The summed E-state index contributed by atoms with van der Waals surface area (Å²) in [5, 5.41) is 3.16. The second kappa shape index (κ2) is 8.70. The van der Waals surface area contributed by atoms with Gasteiger partial charge in [-0.1, -0.05) is 55.3 Å². The number of rotatable bonds is 7. The van der Waals surface area contributed by atoms with Crippen molar-refractivity contribution < 1.29 is 9.53 Å². The van der Waals surface area contributed by atoms with Gasteiger partial charge < -0.3 is 10.1 Å². The number of amides is 1. The number of aryl methyl sites for hydroxylation is 3. The number of hydrogen-bond donors (Lipinski definition) is 1. The average Bonchev–Trinajstić information content (AvgIpc) is 2.59. The molecule has 0 radical (unpaired) electrons. The molecule has 134 valence electrons. The van der Waals surface area contributed by atoms with Gasteiger partial charge in [0, 0.05) is 0 Å². The van der Waals surface area contributed by atoms with E-state index in [1.165, 1.54) is 22.3 Å². The monoisotopic (exact) mass is 339 g/mol. The molecule has 0 fully saturated rings. The molecule has 0 heterocycles. The summed E-state index contributed by atoms with van der Waals surface area (Å²) in [6.07, 6.45) is 0.988. The van der Waals surface area contributed by atoms with E-state index in [9.17, 15) is 4.79 Å². The highest BCUT2D eigenvalue weighted by Crippen LogP contribution is 2.22. The molecule has 1 amide bonds. The number of hydrogen-bond acceptors (Lipinski definition) is 2. The Bertz CT molecular complexity index is 706. The van der Waals surface area contributed by atoms with E-state index in [-0.39, 0.29) is 11.9 Å². The number of ether oxygens (including phenoxy) is 1. The molecule has 3 nitrogen and oxygen atoms in total. The second-order valence-electron chi connectivity index (χ2n) is 6.66. The normalized spacial score (nSPS) is 13.2. The number of benzene rings is 2. The molecule has 2 aromatic rings. The van der Waals surface area contributed by atoms with Crippen LogP contribution in [0, 0.1) is 20.8 Å². The maximum atomic E-state index is 12.7. The Morgan fingerprint density at radius 2 is 1.60 bits per heavy atom. The van der Waals surface area contributed by atoms with Crippen LogP contribution >= 0.6 is 0 Å². The van der Waals surface area contributed by atoms with Crippen molar-refractivity contribution in [2.75, 3.05) is 0 Å². The van der Waals surface area contributed by atoms with Crippen LogP contribution in [-0.4, -0.2) is 12.0 Å². The van der Waals surface area contributed by atoms with Gasteiger partial charge in [0.1, 0.15) is 5.75 Å². The van der Waals surface area contributed by atoms with Crippen molar-refractivity contribution in [1.82, 2.24) is 5.32 Å². The van der Waals surface area contributed by atoms with Crippen LogP contribution in [0.2, 0.25) is 0 Å². The lowest BCUT2D eigenvalue weighted by Gasteiger charge is -2.23. The highest BCUT2D eigenvalue weighted by molar-refractivity contribution is 5.81. The molecule has 0 unspecified atom stereocenters.